The minimum absolute atomic E-state index is 0. The van der Waals surface area contributed by atoms with E-state index in [1.54, 1.807) is 0 Å². The van der Waals surface area contributed by atoms with Gasteiger partial charge in [-0.3, -0.25) is 4.79 Å². The second-order valence-electron chi connectivity index (χ2n) is 5.61. The number of nitrogens with zero attached hydrogens (tertiary/aromatic N) is 1. The molecular weight excluding hydrogens is 264 g/mol. The van der Waals surface area contributed by atoms with E-state index in [1.807, 2.05) is 4.90 Å². The van der Waals surface area contributed by atoms with Crippen LogP contribution in [0.5, 0.6) is 0 Å². The highest BCUT2D eigenvalue weighted by molar-refractivity contribution is 5.85. The molecule has 1 amide bonds. The quantitative estimate of drug-likeness (QED) is 0.862. The van der Waals surface area contributed by atoms with Gasteiger partial charge in [0.2, 0.25) is 5.91 Å². The highest BCUT2D eigenvalue weighted by atomic mass is 35.5. The van der Waals surface area contributed by atoms with Crippen molar-refractivity contribution in [3.8, 4) is 0 Å². The standard InChI is InChI=1S/C14H26N2O2.ClH/c1-12-11-16(9-2-10-18-12)14(17)4-3-13-5-7-15-8-6-13;/h12-13,15H,2-11H2,1H3;1H. The van der Waals surface area contributed by atoms with Crippen LogP contribution in [0.3, 0.4) is 0 Å². The molecule has 19 heavy (non-hydrogen) atoms. The monoisotopic (exact) mass is 290 g/mol. The highest BCUT2D eigenvalue weighted by Crippen LogP contribution is 2.19. The van der Waals surface area contributed by atoms with Gasteiger partial charge >= 0.3 is 0 Å². The molecule has 112 valence electrons. The largest absolute Gasteiger partial charge is 0.377 e. The smallest absolute Gasteiger partial charge is 0.222 e. The van der Waals surface area contributed by atoms with Crippen LogP contribution >= 0.6 is 12.4 Å². The summed E-state index contributed by atoms with van der Waals surface area (Å²) in [5, 5.41) is 3.37. The van der Waals surface area contributed by atoms with Crippen LogP contribution in [0.4, 0.5) is 0 Å². The molecule has 4 nitrogen and oxygen atoms in total. The Bertz CT molecular complexity index is 270. The van der Waals surface area contributed by atoms with Crippen molar-refractivity contribution < 1.29 is 9.53 Å². The van der Waals surface area contributed by atoms with Crippen LogP contribution in [0.2, 0.25) is 0 Å². The van der Waals surface area contributed by atoms with Gasteiger partial charge in [0.05, 0.1) is 6.10 Å². The molecule has 1 atom stereocenters. The van der Waals surface area contributed by atoms with Crippen molar-refractivity contribution in [1.29, 1.82) is 0 Å². The molecule has 0 aromatic rings. The molecule has 0 aromatic carbocycles. The van der Waals surface area contributed by atoms with Crippen LogP contribution in [0.15, 0.2) is 0 Å². The first-order valence-electron chi connectivity index (χ1n) is 7.36. The fraction of sp³-hybridized carbons (Fsp3) is 0.929. The summed E-state index contributed by atoms with van der Waals surface area (Å²) in [7, 11) is 0. The summed E-state index contributed by atoms with van der Waals surface area (Å²) < 4.78 is 5.58. The van der Waals surface area contributed by atoms with Crippen molar-refractivity contribution in [2.75, 3.05) is 32.8 Å². The maximum Gasteiger partial charge on any atom is 0.222 e. The number of nitrogens with one attached hydrogen (secondary N) is 1. The number of amides is 1. The van der Waals surface area contributed by atoms with E-state index in [0.717, 1.165) is 58.0 Å². The van der Waals surface area contributed by atoms with E-state index >= 15 is 0 Å². The van der Waals surface area contributed by atoms with Gasteiger partial charge in [0, 0.05) is 26.1 Å². The van der Waals surface area contributed by atoms with Crippen LogP contribution < -0.4 is 5.32 Å². The second kappa shape index (κ2) is 8.77. The van der Waals surface area contributed by atoms with Crippen molar-refractivity contribution in [2.45, 2.75) is 45.1 Å². The minimum atomic E-state index is 0. The summed E-state index contributed by atoms with van der Waals surface area (Å²) in [6, 6.07) is 0. The van der Waals surface area contributed by atoms with Crippen molar-refractivity contribution in [2.24, 2.45) is 5.92 Å². The Hall–Kier alpha value is -0.320. The first-order chi connectivity index (χ1) is 8.75. The fourth-order valence-electron chi connectivity index (χ4n) is 2.88. The summed E-state index contributed by atoms with van der Waals surface area (Å²) in [5.41, 5.74) is 0. The molecule has 5 heteroatoms. The maximum atomic E-state index is 12.2. The molecule has 1 N–H and O–H groups in total. The normalized spacial score (nSPS) is 25.5. The number of hydrogen-bond acceptors (Lipinski definition) is 3. The highest BCUT2D eigenvalue weighted by Gasteiger charge is 2.21. The zero-order valence-electron chi connectivity index (χ0n) is 11.9. The van der Waals surface area contributed by atoms with E-state index in [2.05, 4.69) is 12.2 Å². The maximum absolute atomic E-state index is 12.2. The Kier molecular flexibility index (Phi) is 7.73. The number of rotatable bonds is 3. The van der Waals surface area contributed by atoms with Crippen molar-refractivity contribution in [3.63, 3.8) is 0 Å². The second-order valence-corrected chi connectivity index (χ2v) is 5.61. The van der Waals surface area contributed by atoms with E-state index in [9.17, 15) is 4.79 Å². The van der Waals surface area contributed by atoms with Gasteiger partial charge < -0.3 is 15.0 Å². The third kappa shape index (κ3) is 5.67. The molecule has 1 unspecified atom stereocenters. The molecule has 2 heterocycles. The number of ether oxygens (including phenoxy) is 1. The lowest BCUT2D eigenvalue weighted by Crippen LogP contribution is -2.36. The van der Waals surface area contributed by atoms with Crippen molar-refractivity contribution in [1.82, 2.24) is 10.2 Å². The zero-order chi connectivity index (χ0) is 12.8. The number of hydrogen-bond donors (Lipinski definition) is 1. The summed E-state index contributed by atoms with van der Waals surface area (Å²) in [6.07, 6.45) is 5.41. The summed E-state index contributed by atoms with van der Waals surface area (Å²) >= 11 is 0. The Morgan fingerprint density at radius 3 is 2.84 bits per heavy atom. The predicted octanol–water partition coefficient (Wildman–Crippen LogP) is 1.83. The SMILES string of the molecule is CC1CN(C(=O)CCC2CCNCC2)CCCO1.Cl. The first-order valence-corrected chi connectivity index (χ1v) is 7.36. The molecule has 0 saturated carbocycles. The lowest BCUT2D eigenvalue weighted by atomic mass is 9.93. The van der Waals surface area contributed by atoms with Gasteiger partial charge in [-0.05, 0) is 51.6 Å². The minimum Gasteiger partial charge on any atom is -0.377 e. The Morgan fingerprint density at radius 1 is 1.37 bits per heavy atom. The van der Waals surface area contributed by atoms with Crippen LogP contribution in [0.25, 0.3) is 0 Å². The number of halogens is 1. The van der Waals surface area contributed by atoms with Gasteiger partial charge in [-0.1, -0.05) is 0 Å². The Balaban J connectivity index is 0.00000180. The van der Waals surface area contributed by atoms with Gasteiger partial charge in [-0.25, -0.2) is 0 Å². The molecule has 2 fully saturated rings. The van der Waals surface area contributed by atoms with E-state index in [4.69, 9.17) is 4.74 Å². The van der Waals surface area contributed by atoms with Crippen LogP contribution in [0, 0.1) is 5.92 Å². The van der Waals surface area contributed by atoms with E-state index in [-0.39, 0.29) is 18.5 Å². The molecule has 2 aliphatic rings. The molecule has 2 aliphatic heterocycles. The van der Waals surface area contributed by atoms with Crippen LogP contribution in [-0.4, -0.2) is 49.7 Å². The lowest BCUT2D eigenvalue weighted by molar-refractivity contribution is -0.132. The van der Waals surface area contributed by atoms with Crippen molar-refractivity contribution >= 4 is 18.3 Å². The van der Waals surface area contributed by atoms with Crippen molar-refractivity contribution in [3.05, 3.63) is 0 Å². The Labute approximate surface area is 122 Å². The molecule has 0 bridgehead atoms. The molecule has 2 rings (SSSR count). The summed E-state index contributed by atoms with van der Waals surface area (Å²) in [4.78, 5) is 14.2. The van der Waals surface area contributed by atoms with E-state index in [1.165, 1.54) is 12.8 Å². The molecule has 0 aromatic heterocycles. The molecule has 0 aliphatic carbocycles. The molecular formula is C14H27ClN2O2. The molecule has 0 spiro atoms. The number of carbonyl (C=O) groups is 1. The van der Waals surface area contributed by atoms with Crippen LogP contribution in [-0.2, 0) is 9.53 Å². The average molecular weight is 291 g/mol. The summed E-state index contributed by atoms with van der Waals surface area (Å²) in [5.74, 6) is 1.07. The van der Waals surface area contributed by atoms with Gasteiger partial charge in [-0.15, -0.1) is 12.4 Å². The van der Waals surface area contributed by atoms with Gasteiger partial charge in [0.25, 0.3) is 0 Å². The number of carbonyl (C=O) groups excluding carboxylic acids is 1. The van der Waals surface area contributed by atoms with E-state index in [0.29, 0.717) is 5.91 Å². The van der Waals surface area contributed by atoms with Gasteiger partial charge in [0.15, 0.2) is 0 Å². The van der Waals surface area contributed by atoms with E-state index < -0.39 is 0 Å². The Morgan fingerprint density at radius 2 is 2.11 bits per heavy atom. The van der Waals surface area contributed by atoms with Crippen LogP contribution in [0.1, 0.15) is 39.0 Å². The third-order valence-corrected chi connectivity index (χ3v) is 4.03. The zero-order valence-corrected chi connectivity index (χ0v) is 12.7. The van der Waals surface area contributed by atoms with Gasteiger partial charge in [-0.2, -0.15) is 0 Å². The molecule has 0 radical (unpaired) electrons. The van der Waals surface area contributed by atoms with Gasteiger partial charge in [0.1, 0.15) is 0 Å². The molecule has 2 saturated heterocycles. The summed E-state index contributed by atoms with van der Waals surface area (Å²) in [6.45, 7) is 6.72. The average Bonchev–Trinajstić information content (AvgIpc) is 2.62. The first kappa shape index (κ1) is 16.7. The lowest BCUT2D eigenvalue weighted by Gasteiger charge is -2.25. The predicted molar refractivity (Wildman–Crippen MR) is 78.7 cm³/mol. The third-order valence-electron chi connectivity index (χ3n) is 4.03. The fourth-order valence-corrected chi connectivity index (χ4v) is 2.88. The topological polar surface area (TPSA) is 41.6 Å². The number of piperidine rings is 1.